The van der Waals surface area contributed by atoms with Crippen molar-refractivity contribution in [3.63, 3.8) is 0 Å². The quantitative estimate of drug-likeness (QED) is 0.744. The summed E-state index contributed by atoms with van der Waals surface area (Å²) in [6.45, 7) is 2.06. The van der Waals surface area contributed by atoms with Gasteiger partial charge in [0.2, 0.25) is 0 Å². The van der Waals surface area contributed by atoms with E-state index >= 15 is 0 Å². The van der Waals surface area contributed by atoms with E-state index in [0.717, 1.165) is 17.1 Å². The van der Waals surface area contributed by atoms with Gasteiger partial charge in [-0.05, 0) is 41.5 Å². The summed E-state index contributed by atoms with van der Waals surface area (Å²) < 4.78 is 10.5. The standard InChI is InChI=1S/C13H14O2/c1-9-12-8-11(14-2)6-4-10(12)5-7-13(9)15-3/h4-8H,1-3H3. The second-order valence-electron chi connectivity index (χ2n) is 3.48. The zero-order valence-corrected chi connectivity index (χ0v) is 9.20. The van der Waals surface area contributed by atoms with Gasteiger partial charge in [0, 0.05) is 0 Å². The van der Waals surface area contributed by atoms with Crippen LogP contribution in [0.15, 0.2) is 30.3 Å². The van der Waals surface area contributed by atoms with Gasteiger partial charge in [0.25, 0.3) is 0 Å². The molecule has 2 nitrogen and oxygen atoms in total. The maximum absolute atomic E-state index is 5.29. The molecule has 0 amide bonds. The highest BCUT2D eigenvalue weighted by atomic mass is 16.5. The molecule has 0 bridgehead atoms. The minimum atomic E-state index is 0.874. The van der Waals surface area contributed by atoms with Gasteiger partial charge in [-0.25, -0.2) is 0 Å². The van der Waals surface area contributed by atoms with Crippen LogP contribution < -0.4 is 9.47 Å². The molecule has 2 aromatic rings. The van der Waals surface area contributed by atoms with E-state index < -0.39 is 0 Å². The van der Waals surface area contributed by atoms with Gasteiger partial charge in [0.1, 0.15) is 11.5 Å². The van der Waals surface area contributed by atoms with Crippen LogP contribution in [0.3, 0.4) is 0 Å². The molecule has 0 aliphatic rings. The minimum absolute atomic E-state index is 0.874. The molecular formula is C13H14O2. The maximum Gasteiger partial charge on any atom is 0.122 e. The van der Waals surface area contributed by atoms with Crippen molar-refractivity contribution in [2.24, 2.45) is 0 Å². The fraction of sp³-hybridized carbons (Fsp3) is 0.231. The maximum atomic E-state index is 5.29. The predicted molar refractivity (Wildman–Crippen MR) is 61.8 cm³/mol. The first kappa shape index (κ1) is 9.84. The van der Waals surface area contributed by atoms with Crippen LogP contribution in [-0.4, -0.2) is 14.2 Å². The third-order valence-electron chi connectivity index (χ3n) is 2.67. The number of hydrogen-bond acceptors (Lipinski definition) is 2. The van der Waals surface area contributed by atoms with Crippen LogP contribution in [0.4, 0.5) is 0 Å². The Morgan fingerprint density at radius 1 is 0.933 bits per heavy atom. The first-order valence-electron chi connectivity index (χ1n) is 4.87. The van der Waals surface area contributed by atoms with Crippen molar-refractivity contribution in [3.8, 4) is 11.5 Å². The summed E-state index contributed by atoms with van der Waals surface area (Å²) in [7, 11) is 3.37. The monoisotopic (exact) mass is 202 g/mol. The first-order chi connectivity index (χ1) is 7.26. The number of fused-ring (bicyclic) bond motifs is 1. The molecule has 0 radical (unpaired) electrons. The lowest BCUT2D eigenvalue weighted by molar-refractivity contribution is 0.411. The number of aryl methyl sites for hydroxylation is 1. The van der Waals surface area contributed by atoms with Crippen LogP contribution in [0.25, 0.3) is 10.8 Å². The number of benzene rings is 2. The molecule has 0 aliphatic carbocycles. The van der Waals surface area contributed by atoms with Crippen molar-refractivity contribution in [1.29, 1.82) is 0 Å². The average Bonchev–Trinajstić information content (AvgIpc) is 2.29. The Balaban J connectivity index is 2.72. The molecule has 0 N–H and O–H groups in total. The number of hydrogen-bond donors (Lipinski definition) is 0. The van der Waals surface area contributed by atoms with Crippen LogP contribution in [0, 0.1) is 6.92 Å². The Labute approximate surface area is 89.4 Å². The van der Waals surface area contributed by atoms with Gasteiger partial charge in [0.05, 0.1) is 14.2 Å². The molecule has 0 spiro atoms. The van der Waals surface area contributed by atoms with E-state index in [0.29, 0.717) is 0 Å². The Hall–Kier alpha value is -1.70. The molecule has 2 heteroatoms. The van der Waals surface area contributed by atoms with Crippen molar-refractivity contribution in [1.82, 2.24) is 0 Å². The zero-order valence-electron chi connectivity index (χ0n) is 9.20. The lowest BCUT2D eigenvalue weighted by Crippen LogP contribution is -1.89. The van der Waals surface area contributed by atoms with E-state index in [-0.39, 0.29) is 0 Å². The fourth-order valence-corrected chi connectivity index (χ4v) is 1.78. The molecule has 0 saturated carbocycles. The summed E-state index contributed by atoms with van der Waals surface area (Å²) in [6.07, 6.45) is 0. The van der Waals surface area contributed by atoms with Gasteiger partial charge in [-0.1, -0.05) is 12.1 Å². The second-order valence-corrected chi connectivity index (χ2v) is 3.48. The highest BCUT2D eigenvalue weighted by Gasteiger charge is 2.04. The van der Waals surface area contributed by atoms with Crippen molar-refractivity contribution < 1.29 is 9.47 Å². The number of methoxy groups -OCH3 is 2. The Kier molecular flexibility index (Phi) is 2.50. The van der Waals surface area contributed by atoms with Crippen LogP contribution in [-0.2, 0) is 0 Å². The van der Waals surface area contributed by atoms with Gasteiger partial charge in [-0.3, -0.25) is 0 Å². The van der Waals surface area contributed by atoms with E-state index in [2.05, 4.69) is 19.1 Å². The summed E-state index contributed by atoms with van der Waals surface area (Å²) in [6, 6.07) is 10.1. The smallest absolute Gasteiger partial charge is 0.122 e. The molecule has 0 unspecified atom stereocenters. The van der Waals surface area contributed by atoms with Crippen LogP contribution >= 0.6 is 0 Å². The molecule has 0 atom stereocenters. The normalized spacial score (nSPS) is 10.3. The summed E-state index contributed by atoms with van der Waals surface area (Å²) >= 11 is 0. The summed E-state index contributed by atoms with van der Waals surface area (Å²) in [5.74, 6) is 1.79. The van der Waals surface area contributed by atoms with E-state index in [1.54, 1.807) is 14.2 Å². The van der Waals surface area contributed by atoms with Gasteiger partial charge >= 0.3 is 0 Å². The van der Waals surface area contributed by atoms with Crippen LogP contribution in [0.2, 0.25) is 0 Å². The largest absolute Gasteiger partial charge is 0.497 e. The fourth-order valence-electron chi connectivity index (χ4n) is 1.78. The lowest BCUT2D eigenvalue weighted by Gasteiger charge is -2.09. The molecule has 15 heavy (non-hydrogen) atoms. The van der Waals surface area contributed by atoms with Crippen molar-refractivity contribution in [2.45, 2.75) is 6.92 Å². The third kappa shape index (κ3) is 1.63. The minimum Gasteiger partial charge on any atom is -0.497 e. The molecule has 0 aromatic heterocycles. The summed E-state index contributed by atoms with van der Waals surface area (Å²) in [4.78, 5) is 0. The van der Waals surface area contributed by atoms with E-state index in [1.807, 2.05) is 18.2 Å². The van der Waals surface area contributed by atoms with Gasteiger partial charge in [-0.15, -0.1) is 0 Å². The van der Waals surface area contributed by atoms with Crippen LogP contribution in [0.1, 0.15) is 5.56 Å². The highest BCUT2D eigenvalue weighted by molar-refractivity contribution is 5.88. The molecule has 2 rings (SSSR count). The van der Waals surface area contributed by atoms with Crippen molar-refractivity contribution >= 4 is 10.8 Å². The van der Waals surface area contributed by atoms with Gasteiger partial charge in [0.15, 0.2) is 0 Å². The Morgan fingerprint density at radius 2 is 1.67 bits per heavy atom. The van der Waals surface area contributed by atoms with Gasteiger partial charge in [-0.2, -0.15) is 0 Å². The predicted octanol–water partition coefficient (Wildman–Crippen LogP) is 3.17. The van der Waals surface area contributed by atoms with Crippen molar-refractivity contribution in [3.05, 3.63) is 35.9 Å². The molecule has 2 aromatic carbocycles. The number of ether oxygens (including phenoxy) is 2. The molecule has 78 valence electrons. The zero-order chi connectivity index (χ0) is 10.8. The number of rotatable bonds is 2. The highest BCUT2D eigenvalue weighted by Crippen LogP contribution is 2.29. The Bertz CT molecular complexity index is 484. The van der Waals surface area contributed by atoms with E-state index in [1.165, 1.54) is 10.8 Å². The SMILES string of the molecule is COc1ccc2ccc(OC)c(C)c2c1. The van der Waals surface area contributed by atoms with Crippen molar-refractivity contribution in [2.75, 3.05) is 14.2 Å². The molecular weight excluding hydrogens is 188 g/mol. The second kappa shape index (κ2) is 3.81. The van der Waals surface area contributed by atoms with E-state index in [4.69, 9.17) is 9.47 Å². The molecule has 0 fully saturated rings. The first-order valence-corrected chi connectivity index (χ1v) is 4.87. The molecule has 0 aliphatic heterocycles. The summed E-state index contributed by atoms with van der Waals surface area (Å²) in [5.41, 5.74) is 1.15. The van der Waals surface area contributed by atoms with Gasteiger partial charge < -0.3 is 9.47 Å². The average molecular weight is 202 g/mol. The molecule has 0 heterocycles. The van der Waals surface area contributed by atoms with Crippen LogP contribution in [0.5, 0.6) is 11.5 Å². The lowest BCUT2D eigenvalue weighted by atomic mass is 10.0. The topological polar surface area (TPSA) is 18.5 Å². The Morgan fingerprint density at radius 3 is 2.33 bits per heavy atom. The third-order valence-corrected chi connectivity index (χ3v) is 2.67. The summed E-state index contributed by atoms with van der Waals surface area (Å²) in [5, 5.41) is 2.38. The molecule has 0 saturated heterocycles. The van der Waals surface area contributed by atoms with E-state index in [9.17, 15) is 0 Å².